The highest BCUT2D eigenvalue weighted by molar-refractivity contribution is 7.99. The van der Waals surface area contributed by atoms with Gasteiger partial charge < -0.3 is 4.90 Å². The Hall–Kier alpha value is -2.02. The summed E-state index contributed by atoms with van der Waals surface area (Å²) in [4.78, 5) is 38.4. The lowest BCUT2D eigenvalue weighted by atomic mass is 10.1. The average molecular weight is 349 g/mol. The lowest BCUT2D eigenvalue weighted by molar-refractivity contribution is -0.141. The quantitative estimate of drug-likeness (QED) is 0.811. The van der Waals surface area contributed by atoms with Gasteiger partial charge in [-0.05, 0) is 25.0 Å². The first-order valence-corrected chi connectivity index (χ1v) is 9.15. The Labute approximate surface area is 146 Å². The van der Waals surface area contributed by atoms with Gasteiger partial charge in [-0.15, -0.1) is 11.8 Å². The van der Waals surface area contributed by atoms with Crippen LogP contribution >= 0.6 is 11.8 Å². The molecular weight excluding hydrogens is 326 g/mol. The third-order valence-electron chi connectivity index (χ3n) is 4.19. The lowest BCUT2D eigenvalue weighted by Gasteiger charge is -2.25. The average Bonchev–Trinajstić information content (AvgIpc) is 3.08. The van der Waals surface area contributed by atoms with E-state index in [-0.39, 0.29) is 23.6 Å². The fourth-order valence-electron chi connectivity index (χ4n) is 2.43. The molecule has 1 aromatic carbocycles. The number of amides is 3. The van der Waals surface area contributed by atoms with Crippen LogP contribution in [0.5, 0.6) is 0 Å². The number of thioether (sulfide) groups is 1. The van der Waals surface area contributed by atoms with Crippen molar-refractivity contribution in [1.82, 2.24) is 15.8 Å². The zero-order valence-corrected chi connectivity index (χ0v) is 15.0. The standard InChI is InChI=1S/C17H23N3O3S/c1-4-11(2)17(23)20-10-24-9-14(20)16(22)19-18-15(21)13-8-6-5-7-12(13)3/h5-8,11,14H,4,9-10H2,1-3H3,(H,18,21)(H,19,22). The van der Waals surface area contributed by atoms with Crippen LogP contribution in [-0.4, -0.2) is 40.3 Å². The Kier molecular flexibility index (Phi) is 6.25. The van der Waals surface area contributed by atoms with Gasteiger partial charge in [0.25, 0.3) is 11.8 Å². The molecule has 2 N–H and O–H groups in total. The highest BCUT2D eigenvalue weighted by atomic mass is 32.2. The van der Waals surface area contributed by atoms with E-state index >= 15 is 0 Å². The fraction of sp³-hybridized carbons (Fsp3) is 0.471. The minimum atomic E-state index is -0.548. The van der Waals surface area contributed by atoms with Crippen molar-refractivity contribution in [2.24, 2.45) is 5.92 Å². The highest BCUT2D eigenvalue weighted by Gasteiger charge is 2.36. The van der Waals surface area contributed by atoms with Crippen molar-refractivity contribution in [2.75, 3.05) is 11.6 Å². The van der Waals surface area contributed by atoms with Crippen LogP contribution in [0.3, 0.4) is 0 Å². The van der Waals surface area contributed by atoms with E-state index in [1.807, 2.05) is 32.9 Å². The topological polar surface area (TPSA) is 78.5 Å². The van der Waals surface area contributed by atoms with Crippen molar-refractivity contribution in [3.63, 3.8) is 0 Å². The molecular formula is C17H23N3O3S. The molecule has 3 amide bonds. The van der Waals surface area contributed by atoms with Crippen molar-refractivity contribution in [1.29, 1.82) is 0 Å². The van der Waals surface area contributed by atoms with Gasteiger partial charge in [0, 0.05) is 17.2 Å². The summed E-state index contributed by atoms with van der Waals surface area (Å²) in [6.07, 6.45) is 0.734. The van der Waals surface area contributed by atoms with E-state index in [2.05, 4.69) is 10.9 Å². The number of hydrogen-bond donors (Lipinski definition) is 2. The molecule has 1 heterocycles. The number of hydrazine groups is 1. The third kappa shape index (κ3) is 4.08. The summed E-state index contributed by atoms with van der Waals surface area (Å²) in [6, 6.07) is 6.59. The molecule has 130 valence electrons. The first-order valence-electron chi connectivity index (χ1n) is 7.99. The second-order valence-electron chi connectivity index (χ2n) is 5.89. The van der Waals surface area contributed by atoms with Crippen LogP contribution in [0.15, 0.2) is 24.3 Å². The molecule has 1 aliphatic heterocycles. The van der Waals surface area contributed by atoms with Crippen LogP contribution in [0, 0.1) is 12.8 Å². The van der Waals surface area contributed by atoms with Crippen molar-refractivity contribution < 1.29 is 14.4 Å². The largest absolute Gasteiger partial charge is 0.320 e. The Morgan fingerprint density at radius 2 is 2.00 bits per heavy atom. The number of nitrogens with zero attached hydrogens (tertiary/aromatic N) is 1. The zero-order valence-electron chi connectivity index (χ0n) is 14.2. The maximum atomic E-state index is 12.4. The maximum absolute atomic E-state index is 12.4. The second-order valence-corrected chi connectivity index (χ2v) is 6.89. The maximum Gasteiger partial charge on any atom is 0.269 e. The Morgan fingerprint density at radius 1 is 1.29 bits per heavy atom. The summed E-state index contributed by atoms with van der Waals surface area (Å²) in [5.74, 6) is 0.181. The van der Waals surface area contributed by atoms with E-state index in [0.717, 1.165) is 12.0 Å². The minimum absolute atomic E-state index is 0.0205. The van der Waals surface area contributed by atoms with Crippen LogP contribution in [0.1, 0.15) is 36.2 Å². The number of rotatable bonds is 4. The summed E-state index contributed by atoms with van der Waals surface area (Å²) in [6.45, 7) is 5.64. The van der Waals surface area contributed by atoms with Gasteiger partial charge >= 0.3 is 0 Å². The smallest absolute Gasteiger partial charge is 0.269 e. The number of carbonyl (C=O) groups excluding carboxylic acids is 3. The molecule has 2 unspecified atom stereocenters. The molecule has 0 aromatic heterocycles. The molecule has 7 heteroatoms. The molecule has 0 spiro atoms. The van der Waals surface area contributed by atoms with Crippen LogP contribution in [0.2, 0.25) is 0 Å². The van der Waals surface area contributed by atoms with E-state index < -0.39 is 6.04 Å². The molecule has 1 saturated heterocycles. The number of hydrogen-bond acceptors (Lipinski definition) is 4. The molecule has 0 bridgehead atoms. The van der Waals surface area contributed by atoms with Gasteiger partial charge in [0.1, 0.15) is 6.04 Å². The van der Waals surface area contributed by atoms with E-state index in [4.69, 9.17) is 0 Å². The predicted octanol–water partition coefficient (Wildman–Crippen LogP) is 1.70. The Bertz CT molecular complexity index is 635. The van der Waals surface area contributed by atoms with Crippen LogP contribution in [0.4, 0.5) is 0 Å². The molecule has 24 heavy (non-hydrogen) atoms. The molecule has 0 saturated carbocycles. The normalized spacial score (nSPS) is 18.1. The molecule has 2 atom stereocenters. The number of nitrogens with one attached hydrogen (secondary N) is 2. The van der Waals surface area contributed by atoms with Gasteiger partial charge in [-0.1, -0.05) is 32.0 Å². The molecule has 2 rings (SSSR count). The van der Waals surface area contributed by atoms with Gasteiger partial charge in [-0.2, -0.15) is 0 Å². The predicted molar refractivity (Wildman–Crippen MR) is 94.2 cm³/mol. The molecule has 0 radical (unpaired) electrons. The monoisotopic (exact) mass is 349 g/mol. The van der Waals surface area contributed by atoms with E-state index in [9.17, 15) is 14.4 Å². The molecule has 0 aliphatic carbocycles. The van der Waals surface area contributed by atoms with Crippen LogP contribution in [-0.2, 0) is 9.59 Å². The van der Waals surface area contributed by atoms with E-state index in [1.165, 1.54) is 11.8 Å². The Morgan fingerprint density at radius 3 is 2.67 bits per heavy atom. The molecule has 1 aromatic rings. The number of benzene rings is 1. The SMILES string of the molecule is CCC(C)C(=O)N1CSCC1C(=O)NNC(=O)c1ccccc1C. The van der Waals surface area contributed by atoms with Crippen molar-refractivity contribution >= 4 is 29.5 Å². The number of aryl methyl sites for hydroxylation is 1. The van der Waals surface area contributed by atoms with Gasteiger partial charge in [0.15, 0.2) is 0 Å². The third-order valence-corrected chi connectivity index (χ3v) is 5.20. The summed E-state index contributed by atoms with van der Waals surface area (Å²) in [5.41, 5.74) is 6.21. The molecule has 1 fully saturated rings. The van der Waals surface area contributed by atoms with Crippen LogP contribution in [0.25, 0.3) is 0 Å². The van der Waals surface area contributed by atoms with E-state index in [0.29, 0.717) is 17.2 Å². The molecule has 1 aliphatic rings. The van der Waals surface area contributed by atoms with Gasteiger partial charge in [0.2, 0.25) is 5.91 Å². The summed E-state index contributed by atoms with van der Waals surface area (Å²) in [5, 5.41) is 0. The van der Waals surface area contributed by atoms with Crippen molar-refractivity contribution in [2.45, 2.75) is 33.2 Å². The van der Waals surface area contributed by atoms with Crippen molar-refractivity contribution in [3.05, 3.63) is 35.4 Å². The van der Waals surface area contributed by atoms with Gasteiger partial charge in [-0.25, -0.2) is 0 Å². The zero-order chi connectivity index (χ0) is 17.7. The first kappa shape index (κ1) is 18.3. The Balaban J connectivity index is 1.95. The minimum Gasteiger partial charge on any atom is -0.320 e. The summed E-state index contributed by atoms with van der Waals surface area (Å²) < 4.78 is 0. The molecule has 6 nitrogen and oxygen atoms in total. The highest BCUT2D eigenvalue weighted by Crippen LogP contribution is 2.23. The summed E-state index contributed by atoms with van der Waals surface area (Å²) >= 11 is 1.54. The van der Waals surface area contributed by atoms with Crippen molar-refractivity contribution in [3.8, 4) is 0 Å². The second kappa shape index (κ2) is 8.19. The summed E-state index contributed by atoms with van der Waals surface area (Å²) in [7, 11) is 0. The fourth-order valence-corrected chi connectivity index (χ4v) is 3.60. The first-order chi connectivity index (χ1) is 11.5. The van der Waals surface area contributed by atoms with Crippen LogP contribution < -0.4 is 10.9 Å². The number of carbonyl (C=O) groups is 3. The lowest BCUT2D eigenvalue weighted by Crippen LogP contribution is -2.53. The van der Waals surface area contributed by atoms with Gasteiger partial charge in [0.05, 0.1) is 5.88 Å². The van der Waals surface area contributed by atoms with E-state index in [1.54, 1.807) is 17.0 Å². The van der Waals surface area contributed by atoms with Gasteiger partial charge in [-0.3, -0.25) is 25.2 Å².